The van der Waals surface area contributed by atoms with Gasteiger partial charge < -0.3 is 9.80 Å². The second-order valence-corrected chi connectivity index (χ2v) is 8.32. The molecule has 4 rings (SSSR count). The number of likely N-dealkylation sites (tertiary alicyclic amines) is 1. The lowest BCUT2D eigenvalue weighted by atomic mass is 9.92. The highest BCUT2D eigenvalue weighted by molar-refractivity contribution is 5.96. The normalized spacial score (nSPS) is 27.7. The van der Waals surface area contributed by atoms with Gasteiger partial charge in [-0.2, -0.15) is 0 Å². The van der Waals surface area contributed by atoms with Gasteiger partial charge in [0, 0.05) is 31.7 Å². The minimum atomic E-state index is -0.116. The summed E-state index contributed by atoms with van der Waals surface area (Å²) < 4.78 is 0. The molecule has 0 N–H and O–H groups in total. The van der Waals surface area contributed by atoms with Crippen molar-refractivity contribution in [3.8, 4) is 0 Å². The van der Waals surface area contributed by atoms with Crippen molar-refractivity contribution in [1.82, 2.24) is 9.80 Å². The number of amides is 2. The number of piperazine rings is 1. The third kappa shape index (κ3) is 3.25. The molecule has 5 nitrogen and oxygen atoms in total. The van der Waals surface area contributed by atoms with Gasteiger partial charge in [-0.1, -0.05) is 31.0 Å². The van der Waals surface area contributed by atoms with Crippen LogP contribution in [0, 0.1) is 5.92 Å². The number of carbonyl (C=O) groups excluding carboxylic acids is 2. The first-order chi connectivity index (χ1) is 12.6. The molecule has 1 atom stereocenters. The van der Waals surface area contributed by atoms with Gasteiger partial charge in [0.2, 0.25) is 11.8 Å². The summed E-state index contributed by atoms with van der Waals surface area (Å²) in [5.41, 5.74) is 0.843. The van der Waals surface area contributed by atoms with E-state index < -0.39 is 0 Å². The molecular weight excluding hydrogens is 326 g/mol. The number of hydrogen-bond acceptors (Lipinski definition) is 3. The van der Waals surface area contributed by atoms with Crippen molar-refractivity contribution in [1.29, 1.82) is 0 Å². The van der Waals surface area contributed by atoms with Crippen LogP contribution < -0.4 is 4.90 Å². The lowest BCUT2D eigenvalue weighted by molar-refractivity contribution is -0.131. The summed E-state index contributed by atoms with van der Waals surface area (Å²) >= 11 is 0. The largest absolute Gasteiger partial charge is 0.341 e. The van der Waals surface area contributed by atoms with Gasteiger partial charge in [0.05, 0.1) is 12.1 Å². The van der Waals surface area contributed by atoms with Gasteiger partial charge in [-0.15, -0.1) is 0 Å². The van der Waals surface area contributed by atoms with Crippen LogP contribution in [0.5, 0.6) is 0 Å². The molecule has 1 aromatic rings. The van der Waals surface area contributed by atoms with E-state index in [0.29, 0.717) is 31.3 Å². The number of rotatable bonds is 3. The average Bonchev–Trinajstić information content (AvgIpc) is 3.30. The fraction of sp³-hybridized carbons (Fsp3) is 0.619. The molecule has 0 bridgehead atoms. The molecule has 2 saturated heterocycles. The van der Waals surface area contributed by atoms with Gasteiger partial charge in [-0.25, -0.2) is 0 Å². The van der Waals surface area contributed by atoms with Gasteiger partial charge in [0.25, 0.3) is 0 Å². The summed E-state index contributed by atoms with van der Waals surface area (Å²) in [6.45, 7) is 2.64. The SMILES string of the molecule is CN1CC(=O)N(c2ccccc2)CC12CCN(C(=O)CC1CCCC1)C2. The lowest BCUT2D eigenvalue weighted by Gasteiger charge is -2.46. The number of likely N-dealkylation sites (N-methyl/N-ethyl adjacent to an activating group) is 1. The topological polar surface area (TPSA) is 43.9 Å². The number of hydrogen-bond donors (Lipinski definition) is 0. The van der Waals surface area contributed by atoms with Crippen molar-refractivity contribution in [2.45, 2.75) is 44.1 Å². The second kappa shape index (κ2) is 7.03. The number of benzene rings is 1. The summed E-state index contributed by atoms with van der Waals surface area (Å²) in [6.07, 6.45) is 6.62. The smallest absolute Gasteiger partial charge is 0.241 e. The van der Waals surface area contributed by atoms with Crippen LogP contribution in [0.25, 0.3) is 0 Å². The van der Waals surface area contributed by atoms with Gasteiger partial charge in [0.1, 0.15) is 0 Å². The molecule has 0 radical (unpaired) electrons. The Kier molecular flexibility index (Phi) is 4.74. The maximum atomic E-state index is 12.8. The van der Waals surface area contributed by atoms with Crippen LogP contribution in [-0.4, -0.2) is 60.4 Å². The predicted molar refractivity (Wildman–Crippen MR) is 102 cm³/mol. The third-order valence-corrected chi connectivity index (χ3v) is 6.63. The van der Waals surface area contributed by atoms with Crippen LogP contribution in [-0.2, 0) is 9.59 Å². The van der Waals surface area contributed by atoms with Crippen molar-refractivity contribution in [2.24, 2.45) is 5.92 Å². The zero-order valence-electron chi connectivity index (χ0n) is 15.7. The van der Waals surface area contributed by atoms with Crippen LogP contribution in [0.2, 0.25) is 0 Å². The van der Waals surface area contributed by atoms with Crippen LogP contribution >= 0.6 is 0 Å². The van der Waals surface area contributed by atoms with Crippen molar-refractivity contribution in [3.05, 3.63) is 30.3 Å². The fourth-order valence-corrected chi connectivity index (χ4v) is 4.90. The van der Waals surface area contributed by atoms with Gasteiger partial charge in [-0.3, -0.25) is 14.5 Å². The molecule has 3 fully saturated rings. The van der Waals surface area contributed by atoms with E-state index in [2.05, 4.69) is 4.90 Å². The van der Waals surface area contributed by atoms with Gasteiger partial charge >= 0.3 is 0 Å². The number of para-hydroxylation sites is 1. The van der Waals surface area contributed by atoms with Crippen LogP contribution in [0.15, 0.2) is 30.3 Å². The van der Waals surface area contributed by atoms with Crippen LogP contribution in [0.3, 0.4) is 0 Å². The standard InChI is InChI=1S/C21H29N3O2/c1-22-14-20(26)24(18-9-3-2-4-10-18)16-21(22)11-12-23(15-21)19(25)13-17-7-5-6-8-17/h2-4,9-10,17H,5-8,11-16H2,1H3. The van der Waals surface area contributed by atoms with E-state index in [4.69, 9.17) is 0 Å². The zero-order valence-corrected chi connectivity index (χ0v) is 15.7. The Morgan fingerprint density at radius 1 is 1.15 bits per heavy atom. The first-order valence-corrected chi connectivity index (χ1v) is 9.92. The summed E-state index contributed by atoms with van der Waals surface area (Å²) in [5, 5.41) is 0. The Hall–Kier alpha value is -1.88. The summed E-state index contributed by atoms with van der Waals surface area (Å²) in [4.78, 5) is 31.5. The Labute approximate surface area is 155 Å². The van der Waals surface area contributed by atoms with Crippen molar-refractivity contribution in [2.75, 3.05) is 38.1 Å². The van der Waals surface area contributed by atoms with Crippen molar-refractivity contribution in [3.63, 3.8) is 0 Å². The Morgan fingerprint density at radius 3 is 2.62 bits per heavy atom. The van der Waals surface area contributed by atoms with E-state index in [1.165, 1.54) is 25.7 Å². The average molecular weight is 355 g/mol. The zero-order chi connectivity index (χ0) is 18.1. The minimum absolute atomic E-state index is 0.116. The molecule has 1 aromatic carbocycles. The highest BCUT2D eigenvalue weighted by atomic mass is 16.2. The second-order valence-electron chi connectivity index (χ2n) is 8.32. The summed E-state index contributed by atoms with van der Waals surface area (Å²) in [7, 11) is 2.03. The van der Waals surface area contributed by atoms with E-state index in [9.17, 15) is 9.59 Å². The van der Waals surface area contributed by atoms with E-state index in [1.54, 1.807) is 0 Å². The molecular formula is C21H29N3O2. The molecule has 2 aliphatic heterocycles. The van der Waals surface area contributed by atoms with Crippen molar-refractivity contribution >= 4 is 17.5 Å². The maximum absolute atomic E-state index is 12.8. The highest BCUT2D eigenvalue weighted by Crippen LogP contribution is 2.35. The monoisotopic (exact) mass is 355 g/mol. The predicted octanol–water partition coefficient (Wildman–Crippen LogP) is 2.52. The lowest BCUT2D eigenvalue weighted by Crippen LogP contribution is -2.64. The molecule has 1 aliphatic carbocycles. The number of nitrogens with zero attached hydrogens (tertiary/aromatic N) is 3. The Balaban J connectivity index is 1.46. The van der Waals surface area contributed by atoms with E-state index in [-0.39, 0.29) is 11.4 Å². The number of anilines is 1. The first kappa shape index (κ1) is 17.5. The maximum Gasteiger partial charge on any atom is 0.241 e. The molecule has 0 aromatic heterocycles. The van der Waals surface area contributed by atoms with Crippen LogP contribution in [0.1, 0.15) is 38.5 Å². The molecule has 5 heteroatoms. The minimum Gasteiger partial charge on any atom is -0.341 e. The highest BCUT2D eigenvalue weighted by Gasteiger charge is 2.48. The Bertz CT molecular complexity index is 671. The Morgan fingerprint density at radius 2 is 1.88 bits per heavy atom. The van der Waals surface area contributed by atoms with E-state index in [1.807, 2.05) is 47.2 Å². The van der Waals surface area contributed by atoms with E-state index in [0.717, 1.165) is 25.2 Å². The molecule has 3 aliphatic rings. The fourth-order valence-electron chi connectivity index (χ4n) is 4.90. The quantitative estimate of drug-likeness (QED) is 0.837. The third-order valence-electron chi connectivity index (χ3n) is 6.63. The molecule has 1 spiro atoms. The van der Waals surface area contributed by atoms with Gasteiger partial charge in [0.15, 0.2) is 0 Å². The molecule has 1 unspecified atom stereocenters. The van der Waals surface area contributed by atoms with E-state index >= 15 is 0 Å². The van der Waals surface area contributed by atoms with Crippen molar-refractivity contribution < 1.29 is 9.59 Å². The molecule has 2 amide bonds. The van der Waals surface area contributed by atoms with Crippen LogP contribution in [0.4, 0.5) is 5.69 Å². The molecule has 2 heterocycles. The molecule has 1 saturated carbocycles. The molecule has 140 valence electrons. The first-order valence-electron chi connectivity index (χ1n) is 9.92. The summed E-state index contributed by atoms with van der Waals surface area (Å²) in [6, 6.07) is 9.90. The number of carbonyl (C=O) groups is 2. The molecule has 26 heavy (non-hydrogen) atoms. The summed E-state index contributed by atoms with van der Waals surface area (Å²) in [5.74, 6) is 1.04. The van der Waals surface area contributed by atoms with Gasteiger partial charge in [-0.05, 0) is 44.4 Å².